The second-order valence-corrected chi connectivity index (χ2v) is 5.27. The van der Waals surface area contributed by atoms with E-state index in [2.05, 4.69) is 32.9 Å². The van der Waals surface area contributed by atoms with E-state index in [9.17, 15) is 0 Å². The van der Waals surface area contributed by atoms with E-state index < -0.39 is 0 Å². The molecule has 0 aliphatic carbocycles. The zero-order valence-electron chi connectivity index (χ0n) is 8.55. The Bertz CT molecular complexity index is 560. The van der Waals surface area contributed by atoms with E-state index in [4.69, 9.17) is 28.9 Å². The molecule has 88 valence electrons. The standard InChI is InChI=1S/C11H8Cl2IN3/c12-6-5-7(13)11(17-10(6)15)16-9-4-2-1-3-8(9)14/h1-5H,(H3,15,16,17). The second kappa shape index (κ2) is 5.29. The molecule has 0 fully saturated rings. The summed E-state index contributed by atoms with van der Waals surface area (Å²) in [6.45, 7) is 0. The fourth-order valence-corrected chi connectivity index (χ4v) is 2.19. The van der Waals surface area contributed by atoms with Gasteiger partial charge in [0, 0.05) is 3.57 Å². The number of benzene rings is 1. The number of halogens is 3. The lowest BCUT2D eigenvalue weighted by Crippen LogP contribution is -2.00. The Labute approximate surface area is 122 Å². The highest BCUT2D eigenvalue weighted by Gasteiger charge is 2.08. The minimum Gasteiger partial charge on any atom is -0.382 e. The molecule has 3 N–H and O–H groups in total. The minimum atomic E-state index is 0.254. The average molecular weight is 380 g/mol. The van der Waals surface area contributed by atoms with E-state index in [0.717, 1.165) is 9.26 Å². The number of nitrogen functional groups attached to an aromatic ring is 1. The van der Waals surface area contributed by atoms with Gasteiger partial charge in [-0.2, -0.15) is 0 Å². The molecule has 0 atom stereocenters. The molecule has 1 heterocycles. The van der Waals surface area contributed by atoms with Gasteiger partial charge in [-0.15, -0.1) is 0 Å². The van der Waals surface area contributed by atoms with Crippen molar-refractivity contribution in [3.05, 3.63) is 43.9 Å². The van der Waals surface area contributed by atoms with Gasteiger partial charge in [-0.05, 0) is 40.8 Å². The lowest BCUT2D eigenvalue weighted by atomic mass is 10.3. The predicted molar refractivity (Wildman–Crippen MR) is 81.1 cm³/mol. The molecule has 0 saturated heterocycles. The van der Waals surface area contributed by atoms with Gasteiger partial charge in [0.1, 0.15) is 5.82 Å². The Morgan fingerprint density at radius 3 is 2.59 bits per heavy atom. The van der Waals surface area contributed by atoms with Crippen molar-refractivity contribution in [3.63, 3.8) is 0 Å². The normalized spacial score (nSPS) is 10.3. The maximum atomic E-state index is 6.04. The Hall–Kier alpha value is -0.720. The second-order valence-electron chi connectivity index (χ2n) is 3.29. The number of para-hydroxylation sites is 1. The van der Waals surface area contributed by atoms with E-state index in [1.165, 1.54) is 0 Å². The summed E-state index contributed by atoms with van der Waals surface area (Å²) in [4.78, 5) is 4.11. The lowest BCUT2D eigenvalue weighted by Gasteiger charge is -2.10. The molecule has 1 aromatic carbocycles. The van der Waals surface area contributed by atoms with Crippen LogP contribution >= 0.6 is 45.8 Å². The molecule has 0 radical (unpaired) electrons. The first-order valence-corrected chi connectivity index (χ1v) is 6.54. The van der Waals surface area contributed by atoms with Crippen molar-refractivity contribution in [1.29, 1.82) is 0 Å². The summed E-state index contributed by atoms with van der Waals surface area (Å²) in [6.07, 6.45) is 0. The van der Waals surface area contributed by atoms with Gasteiger partial charge in [0.2, 0.25) is 0 Å². The number of nitrogens with two attached hydrogens (primary N) is 1. The topological polar surface area (TPSA) is 50.9 Å². The molecule has 0 aliphatic rings. The summed E-state index contributed by atoms with van der Waals surface area (Å²) in [5.74, 6) is 0.752. The van der Waals surface area contributed by atoms with Gasteiger partial charge in [0.15, 0.2) is 5.82 Å². The SMILES string of the molecule is Nc1nc(Nc2ccccc2I)c(Cl)cc1Cl. The predicted octanol–water partition coefficient (Wildman–Crippen LogP) is 4.32. The monoisotopic (exact) mass is 379 g/mol. The smallest absolute Gasteiger partial charge is 0.151 e. The van der Waals surface area contributed by atoms with Crippen molar-refractivity contribution in [2.24, 2.45) is 0 Å². The van der Waals surface area contributed by atoms with Crippen molar-refractivity contribution in [3.8, 4) is 0 Å². The van der Waals surface area contributed by atoms with Crippen LogP contribution in [-0.4, -0.2) is 4.98 Å². The number of nitrogens with one attached hydrogen (secondary N) is 1. The molecule has 0 amide bonds. The Morgan fingerprint density at radius 1 is 1.18 bits per heavy atom. The van der Waals surface area contributed by atoms with Crippen LogP contribution in [0.2, 0.25) is 10.0 Å². The summed E-state index contributed by atoms with van der Waals surface area (Å²) in [5, 5.41) is 3.90. The fourth-order valence-electron chi connectivity index (χ4n) is 1.26. The van der Waals surface area contributed by atoms with Gasteiger partial charge in [-0.25, -0.2) is 4.98 Å². The van der Waals surface area contributed by atoms with Crippen LogP contribution in [0.4, 0.5) is 17.3 Å². The number of pyridine rings is 1. The first kappa shape index (κ1) is 12.7. The highest BCUT2D eigenvalue weighted by molar-refractivity contribution is 14.1. The van der Waals surface area contributed by atoms with Gasteiger partial charge >= 0.3 is 0 Å². The van der Waals surface area contributed by atoms with E-state index >= 15 is 0 Å². The average Bonchev–Trinajstić information content (AvgIpc) is 2.29. The van der Waals surface area contributed by atoms with E-state index in [0.29, 0.717) is 15.9 Å². The number of hydrogen-bond donors (Lipinski definition) is 2. The molecule has 0 saturated carbocycles. The molecular weight excluding hydrogens is 372 g/mol. The largest absolute Gasteiger partial charge is 0.382 e. The molecule has 0 aliphatic heterocycles. The molecule has 2 rings (SSSR count). The molecule has 0 bridgehead atoms. The summed E-state index contributed by atoms with van der Waals surface area (Å²) < 4.78 is 1.07. The number of aromatic nitrogens is 1. The minimum absolute atomic E-state index is 0.254. The van der Waals surface area contributed by atoms with Crippen LogP contribution in [0.3, 0.4) is 0 Å². The Morgan fingerprint density at radius 2 is 1.88 bits per heavy atom. The van der Waals surface area contributed by atoms with Gasteiger partial charge in [-0.1, -0.05) is 35.3 Å². The Balaban J connectivity index is 2.37. The Kier molecular flexibility index (Phi) is 3.96. The van der Waals surface area contributed by atoms with Crippen LogP contribution in [0.15, 0.2) is 30.3 Å². The van der Waals surface area contributed by atoms with E-state index in [1.807, 2.05) is 24.3 Å². The highest BCUT2D eigenvalue weighted by Crippen LogP contribution is 2.30. The third-order valence-corrected chi connectivity index (χ3v) is 3.62. The van der Waals surface area contributed by atoms with Crippen molar-refractivity contribution >= 4 is 63.1 Å². The van der Waals surface area contributed by atoms with Crippen LogP contribution in [-0.2, 0) is 0 Å². The zero-order valence-corrected chi connectivity index (χ0v) is 12.2. The molecule has 0 unspecified atom stereocenters. The van der Waals surface area contributed by atoms with Crippen LogP contribution in [0.1, 0.15) is 0 Å². The molecule has 2 aromatic rings. The van der Waals surface area contributed by atoms with Crippen molar-refractivity contribution in [2.75, 3.05) is 11.1 Å². The zero-order chi connectivity index (χ0) is 12.4. The van der Waals surface area contributed by atoms with Crippen LogP contribution < -0.4 is 11.1 Å². The first-order chi connectivity index (χ1) is 8.08. The van der Waals surface area contributed by atoms with Crippen molar-refractivity contribution < 1.29 is 0 Å². The van der Waals surface area contributed by atoms with Crippen LogP contribution in [0.5, 0.6) is 0 Å². The van der Waals surface area contributed by atoms with Gasteiger partial charge in [-0.3, -0.25) is 0 Å². The molecular formula is C11H8Cl2IN3. The maximum absolute atomic E-state index is 6.04. The fraction of sp³-hybridized carbons (Fsp3) is 0. The maximum Gasteiger partial charge on any atom is 0.151 e. The van der Waals surface area contributed by atoms with Crippen molar-refractivity contribution in [2.45, 2.75) is 0 Å². The third-order valence-electron chi connectivity index (χ3n) is 2.08. The summed E-state index contributed by atoms with van der Waals surface area (Å²) in [7, 11) is 0. The summed E-state index contributed by atoms with van der Waals surface area (Å²) in [5.41, 5.74) is 6.56. The molecule has 3 nitrogen and oxygen atoms in total. The summed E-state index contributed by atoms with van der Waals surface area (Å²) in [6, 6.07) is 9.38. The van der Waals surface area contributed by atoms with E-state index in [-0.39, 0.29) is 5.82 Å². The van der Waals surface area contributed by atoms with Gasteiger partial charge < -0.3 is 11.1 Å². The molecule has 0 spiro atoms. The quantitative estimate of drug-likeness (QED) is 0.764. The number of nitrogens with zero attached hydrogens (tertiary/aromatic N) is 1. The molecule has 1 aromatic heterocycles. The van der Waals surface area contributed by atoms with Crippen LogP contribution in [0, 0.1) is 3.57 Å². The third kappa shape index (κ3) is 2.94. The number of hydrogen-bond acceptors (Lipinski definition) is 3. The lowest BCUT2D eigenvalue weighted by molar-refractivity contribution is 1.31. The number of anilines is 3. The highest BCUT2D eigenvalue weighted by atomic mass is 127. The molecule has 17 heavy (non-hydrogen) atoms. The number of rotatable bonds is 2. The van der Waals surface area contributed by atoms with Gasteiger partial charge in [0.05, 0.1) is 15.7 Å². The molecule has 6 heteroatoms. The van der Waals surface area contributed by atoms with Gasteiger partial charge in [0.25, 0.3) is 0 Å². The van der Waals surface area contributed by atoms with E-state index in [1.54, 1.807) is 6.07 Å². The van der Waals surface area contributed by atoms with Crippen LogP contribution in [0.25, 0.3) is 0 Å². The summed E-state index contributed by atoms with van der Waals surface area (Å²) >= 11 is 14.1. The first-order valence-electron chi connectivity index (χ1n) is 4.71. The van der Waals surface area contributed by atoms with Crippen molar-refractivity contribution in [1.82, 2.24) is 4.98 Å².